The average Bonchev–Trinajstić information content (AvgIpc) is 3.19. The van der Waals surface area contributed by atoms with E-state index in [4.69, 9.17) is 32.7 Å². The molecule has 0 atom stereocenters. The van der Waals surface area contributed by atoms with Gasteiger partial charge in [0.25, 0.3) is 0 Å². The van der Waals surface area contributed by atoms with Crippen molar-refractivity contribution in [2.24, 2.45) is 0 Å². The molecule has 3 aromatic rings. The molecule has 0 fully saturated rings. The van der Waals surface area contributed by atoms with Crippen LogP contribution in [-0.2, 0) is 4.74 Å². The highest BCUT2D eigenvalue weighted by molar-refractivity contribution is 6.30. The monoisotopic (exact) mass is 388 g/mol. The van der Waals surface area contributed by atoms with E-state index in [2.05, 4.69) is 4.98 Å². The van der Waals surface area contributed by atoms with Gasteiger partial charge in [-0.2, -0.15) is 0 Å². The summed E-state index contributed by atoms with van der Waals surface area (Å²) in [5, 5.41) is 1.36. The number of hydrogen-bond donors (Lipinski definition) is 0. The number of imidazole rings is 1. The van der Waals surface area contributed by atoms with Gasteiger partial charge in [0.2, 0.25) is 0 Å². The highest BCUT2D eigenvalue weighted by Gasteiger charge is 2.10. The first-order valence-electron chi connectivity index (χ1n) is 8.10. The van der Waals surface area contributed by atoms with Crippen molar-refractivity contribution in [3.63, 3.8) is 0 Å². The fourth-order valence-corrected chi connectivity index (χ4v) is 2.66. The second kappa shape index (κ2) is 8.79. The van der Waals surface area contributed by atoms with Crippen LogP contribution in [0.4, 0.5) is 0 Å². The Hall–Kier alpha value is -2.43. The maximum absolute atomic E-state index is 6.04. The highest BCUT2D eigenvalue weighted by atomic mass is 35.5. The normalized spacial score (nSPS) is 11.8. The first-order valence-corrected chi connectivity index (χ1v) is 8.85. The molecular weight excluding hydrogens is 371 g/mol. The van der Waals surface area contributed by atoms with E-state index in [0.717, 1.165) is 22.8 Å². The molecule has 2 aromatic carbocycles. The molecule has 134 valence electrons. The van der Waals surface area contributed by atoms with Gasteiger partial charge in [0.15, 0.2) is 0 Å². The first-order chi connectivity index (χ1) is 12.6. The summed E-state index contributed by atoms with van der Waals surface area (Å²) in [5.41, 5.74) is 1.86. The van der Waals surface area contributed by atoms with Crippen molar-refractivity contribution in [2.75, 3.05) is 13.2 Å². The number of rotatable bonds is 7. The second-order valence-corrected chi connectivity index (χ2v) is 6.42. The van der Waals surface area contributed by atoms with Crippen LogP contribution in [0.15, 0.2) is 67.3 Å². The number of nitrogens with zero attached hydrogens (tertiary/aromatic N) is 2. The summed E-state index contributed by atoms with van der Waals surface area (Å²) < 4.78 is 13.6. The van der Waals surface area contributed by atoms with Crippen LogP contribution in [0.5, 0.6) is 5.75 Å². The minimum Gasteiger partial charge on any atom is -0.490 e. The zero-order valence-electron chi connectivity index (χ0n) is 14.2. The molecule has 4 nitrogen and oxygen atoms in total. The van der Waals surface area contributed by atoms with Gasteiger partial charge in [-0.1, -0.05) is 23.2 Å². The van der Waals surface area contributed by atoms with E-state index in [-0.39, 0.29) is 0 Å². The lowest BCUT2D eigenvalue weighted by Crippen LogP contribution is -2.08. The van der Waals surface area contributed by atoms with Gasteiger partial charge >= 0.3 is 0 Å². The molecule has 0 bridgehead atoms. The van der Waals surface area contributed by atoms with Crippen LogP contribution in [-0.4, -0.2) is 22.8 Å². The van der Waals surface area contributed by atoms with Gasteiger partial charge in [0.1, 0.15) is 24.7 Å². The third kappa shape index (κ3) is 4.81. The Balaban J connectivity index is 1.71. The van der Waals surface area contributed by atoms with Gasteiger partial charge in [0.05, 0.1) is 12.0 Å². The van der Waals surface area contributed by atoms with Gasteiger partial charge in [-0.05, 0) is 55.5 Å². The maximum atomic E-state index is 6.04. The quantitative estimate of drug-likeness (QED) is 0.388. The predicted octanol–water partition coefficient (Wildman–Crippen LogP) is 5.63. The van der Waals surface area contributed by atoms with Crippen molar-refractivity contribution in [1.29, 1.82) is 0 Å². The molecule has 0 spiro atoms. The van der Waals surface area contributed by atoms with E-state index in [1.165, 1.54) is 0 Å². The standard InChI is InChI=1S/C20H18Cl2N2O2/c1-15(24-11-10-23-14-24)20(16-2-4-17(21)5-3-16)26-13-12-25-19-8-6-18(22)7-9-19/h2-11,14H,12-13H2,1H3. The lowest BCUT2D eigenvalue weighted by Gasteiger charge is -2.16. The van der Waals surface area contributed by atoms with Crippen molar-refractivity contribution in [1.82, 2.24) is 9.55 Å². The SMILES string of the molecule is CC(=C(OCCOc1ccc(Cl)cc1)c1ccc(Cl)cc1)n1ccnc1. The molecule has 0 amide bonds. The lowest BCUT2D eigenvalue weighted by molar-refractivity contribution is 0.195. The molecular formula is C20H18Cl2N2O2. The number of allylic oxidation sites excluding steroid dienone is 1. The average molecular weight is 389 g/mol. The number of aromatic nitrogens is 2. The van der Waals surface area contributed by atoms with Crippen LogP contribution >= 0.6 is 23.2 Å². The Kier molecular flexibility index (Phi) is 6.21. The fraction of sp³-hybridized carbons (Fsp3) is 0.150. The van der Waals surface area contributed by atoms with Crippen LogP contribution < -0.4 is 4.74 Å². The fourth-order valence-electron chi connectivity index (χ4n) is 2.41. The van der Waals surface area contributed by atoms with E-state index >= 15 is 0 Å². The lowest BCUT2D eigenvalue weighted by atomic mass is 10.1. The third-order valence-corrected chi connectivity index (χ3v) is 4.24. The van der Waals surface area contributed by atoms with Crippen LogP contribution in [0.3, 0.4) is 0 Å². The molecule has 6 heteroatoms. The summed E-state index contributed by atoms with van der Waals surface area (Å²) in [4.78, 5) is 4.09. The van der Waals surface area contributed by atoms with E-state index in [0.29, 0.717) is 23.3 Å². The number of benzene rings is 2. The van der Waals surface area contributed by atoms with E-state index < -0.39 is 0 Å². The summed E-state index contributed by atoms with van der Waals surface area (Å²) in [6.07, 6.45) is 5.34. The van der Waals surface area contributed by atoms with Gasteiger partial charge in [0, 0.05) is 28.0 Å². The Bertz CT molecular complexity index is 858. The summed E-state index contributed by atoms with van der Waals surface area (Å²) in [5.74, 6) is 1.50. The number of halogens is 2. The molecule has 0 saturated carbocycles. The van der Waals surface area contributed by atoms with Crippen LogP contribution in [0.2, 0.25) is 10.0 Å². The zero-order valence-corrected chi connectivity index (χ0v) is 15.7. The highest BCUT2D eigenvalue weighted by Crippen LogP contribution is 2.25. The molecule has 0 N–H and O–H groups in total. The number of hydrogen-bond acceptors (Lipinski definition) is 3. The van der Waals surface area contributed by atoms with Crippen molar-refractivity contribution >= 4 is 34.7 Å². The molecule has 1 aromatic heterocycles. The van der Waals surface area contributed by atoms with Gasteiger partial charge in [-0.15, -0.1) is 0 Å². The zero-order chi connectivity index (χ0) is 18.4. The molecule has 0 saturated heterocycles. The Morgan fingerprint density at radius 2 is 1.62 bits per heavy atom. The van der Waals surface area contributed by atoms with Crippen molar-refractivity contribution < 1.29 is 9.47 Å². The van der Waals surface area contributed by atoms with E-state index in [1.807, 2.05) is 54.1 Å². The molecule has 0 aliphatic heterocycles. The Morgan fingerprint density at radius 3 is 2.23 bits per heavy atom. The smallest absolute Gasteiger partial charge is 0.146 e. The minimum atomic E-state index is 0.395. The molecule has 0 aliphatic rings. The summed E-state index contributed by atoms with van der Waals surface area (Å²) >= 11 is 11.9. The number of ether oxygens (including phenoxy) is 2. The summed E-state index contributed by atoms with van der Waals surface area (Å²) in [7, 11) is 0. The molecule has 26 heavy (non-hydrogen) atoms. The predicted molar refractivity (Wildman–Crippen MR) is 105 cm³/mol. The van der Waals surface area contributed by atoms with Crippen LogP contribution in [0.25, 0.3) is 11.5 Å². The molecule has 0 unspecified atom stereocenters. The minimum absolute atomic E-state index is 0.395. The van der Waals surface area contributed by atoms with Crippen molar-refractivity contribution in [3.8, 4) is 5.75 Å². The Morgan fingerprint density at radius 1 is 0.962 bits per heavy atom. The van der Waals surface area contributed by atoms with Gasteiger partial charge < -0.3 is 14.0 Å². The maximum Gasteiger partial charge on any atom is 0.146 e. The second-order valence-electron chi connectivity index (χ2n) is 5.54. The van der Waals surface area contributed by atoms with Crippen molar-refractivity contribution in [3.05, 3.63) is 82.9 Å². The molecule has 1 heterocycles. The van der Waals surface area contributed by atoms with E-state index in [1.54, 1.807) is 24.7 Å². The van der Waals surface area contributed by atoms with Gasteiger partial charge in [-0.3, -0.25) is 0 Å². The van der Waals surface area contributed by atoms with Crippen LogP contribution in [0.1, 0.15) is 12.5 Å². The first kappa shape index (κ1) is 18.4. The largest absolute Gasteiger partial charge is 0.490 e. The van der Waals surface area contributed by atoms with Crippen LogP contribution in [0, 0.1) is 0 Å². The third-order valence-electron chi connectivity index (χ3n) is 3.74. The molecule has 0 aliphatic carbocycles. The van der Waals surface area contributed by atoms with Gasteiger partial charge in [-0.25, -0.2) is 4.98 Å². The molecule has 0 radical (unpaired) electrons. The van der Waals surface area contributed by atoms with E-state index in [9.17, 15) is 0 Å². The summed E-state index contributed by atoms with van der Waals surface area (Å²) in [6.45, 7) is 2.79. The topological polar surface area (TPSA) is 36.3 Å². The van der Waals surface area contributed by atoms with Crippen molar-refractivity contribution in [2.45, 2.75) is 6.92 Å². The Labute approximate surface area is 162 Å². The molecule has 3 rings (SSSR count). The summed E-state index contributed by atoms with van der Waals surface area (Å²) in [6, 6.07) is 14.8.